The third kappa shape index (κ3) is 2.71. The first kappa shape index (κ1) is 12.6. The predicted molar refractivity (Wildman–Crippen MR) is 71.4 cm³/mol. The standard InChI is InChI=1S/C14H18N2O2/c1-10(5-4-8-15)16-14(17)12-9-18-13-7-3-2-6-11(12)13/h2-3,6-7,9-10H,4-5,8,15H2,1H3,(H,16,17). The van der Waals surface area contributed by atoms with Crippen molar-refractivity contribution >= 4 is 16.9 Å². The summed E-state index contributed by atoms with van der Waals surface area (Å²) < 4.78 is 5.35. The number of para-hydroxylation sites is 1. The molecule has 1 atom stereocenters. The molecule has 0 saturated carbocycles. The van der Waals surface area contributed by atoms with Crippen LogP contribution in [0.2, 0.25) is 0 Å². The van der Waals surface area contributed by atoms with E-state index in [1.807, 2.05) is 31.2 Å². The third-order valence-corrected chi connectivity index (χ3v) is 2.94. The van der Waals surface area contributed by atoms with E-state index < -0.39 is 0 Å². The van der Waals surface area contributed by atoms with E-state index in [0.717, 1.165) is 23.8 Å². The van der Waals surface area contributed by atoms with E-state index >= 15 is 0 Å². The molecule has 2 aromatic rings. The Balaban J connectivity index is 2.09. The Morgan fingerprint density at radius 3 is 3.00 bits per heavy atom. The molecule has 1 amide bonds. The van der Waals surface area contributed by atoms with E-state index in [9.17, 15) is 4.79 Å². The quantitative estimate of drug-likeness (QED) is 0.850. The molecule has 1 aromatic heterocycles. The second-order valence-corrected chi connectivity index (χ2v) is 4.45. The van der Waals surface area contributed by atoms with Crippen LogP contribution in [0.15, 0.2) is 34.9 Å². The maximum Gasteiger partial charge on any atom is 0.255 e. The lowest BCUT2D eigenvalue weighted by Crippen LogP contribution is -2.32. The number of nitrogens with two attached hydrogens (primary N) is 1. The molecule has 1 heterocycles. The van der Waals surface area contributed by atoms with Gasteiger partial charge in [0.15, 0.2) is 0 Å². The number of fused-ring (bicyclic) bond motifs is 1. The summed E-state index contributed by atoms with van der Waals surface area (Å²) in [5.41, 5.74) is 6.77. The molecular weight excluding hydrogens is 228 g/mol. The minimum atomic E-state index is -0.0931. The zero-order chi connectivity index (χ0) is 13.0. The van der Waals surface area contributed by atoms with Crippen molar-refractivity contribution in [1.29, 1.82) is 0 Å². The fourth-order valence-electron chi connectivity index (χ4n) is 1.95. The highest BCUT2D eigenvalue weighted by atomic mass is 16.3. The maximum atomic E-state index is 12.1. The molecule has 4 nitrogen and oxygen atoms in total. The molecule has 0 aliphatic heterocycles. The van der Waals surface area contributed by atoms with Crippen LogP contribution >= 0.6 is 0 Å². The van der Waals surface area contributed by atoms with Crippen LogP contribution in [0.3, 0.4) is 0 Å². The van der Waals surface area contributed by atoms with Crippen LogP contribution in [0.25, 0.3) is 11.0 Å². The lowest BCUT2D eigenvalue weighted by atomic mass is 10.1. The lowest BCUT2D eigenvalue weighted by Gasteiger charge is -2.12. The van der Waals surface area contributed by atoms with E-state index in [1.54, 1.807) is 0 Å². The largest absolute Gasteiger partial charge is 0.463 e. The Bertz CT molecular complexity index is 533. The molecule has 1 aromatic carbocycles. The Morgan fingerprint density at radius 1 is 1.44 bits per heavy atom. The molecule has 0 fully saturated rings. The number of carbonyl (C=O) groups is 1. The van der Waals surface area contributed by atoms with E-state index in [4.69, 9.17) is 10.2 Å². The van der Waals surface area contributed by atoms with Gasteiger partial charge in [-0.1, -0.05) is 18.2 Å². The van der Waals surface area contributed by atoms with Crippen LogP contribution < -0.4 is 11.1 Å². The molecule has 0 bridgehead atoms. The van der Waals surface area contributed by atoms with Crippen molar-refractivity contribution in [2.24, 2.45) is 5.73 Å². The molecule has 0 saturated heterocycles. The van der Waals surface area contributed by atoms with Crippen molar-refractivity contribution in [2.45, 2.75) is 25.8 Å². The predicted octanol–water partition coefficient (Wildman–Crippen LogP) is 2.29. The van der Waals surface area contributed by atoms with Gasteiger partial charge in [0.2, 0.25) is 0 Å². The van der Waals surface area contributed by atoms with Gasteiger partial charge in [-0.05, 0) is 32.4 Å². The van der Waals surface area contributed by atoms with Gasteiger partial charge in [-0.2, -0.15) is 0 Å². The highest BCUT2D eigenvalue weighted by Crippen LogP contribution is 2.20. The van der Waals surface area contributed by atoms with Crippen LogP contribution in [0.4, 0.5) is 0 Å². The SMILES string of the molecule is CC(CCCN)NC(=O)c1coc2ccccc12. The van der Waals surface area contributed by atoms with Gasteiger partial charge in [-0.25, -0.2) is 0 Å². The monoisotopic (exact) mass is 246 g/mol. The van der Waals surface area contributed by atoms with Crippen molar-refractivity contribution in [3.05, 3.63) is 36.1 Å². The van der Waals surface area contributed by atoms with Crippen molar-refractivity contribution in [1.82, 2.24) is 5.32 Å². The average Bonchev–Trinajstić information content (AvgIpc) is 2.80. The van der Waals surface area contributed by atoms with E-state index in [-0.39, 0.29) is 11.9 Å². The minimum absolute atomic E-state index is 0.0931. The molecule has 18 heavy (non-hydrogen) atoms. The third-order valence-electron chi connectivity index (χ3n) is 2.94. The van der Waals surface area contributed by atoms with E-state index in [1.165, 1.54) is 6.26 Å². The van der Waals surface area contributed by atoms with Gasteiger partial charge >= 0.3 is 0 Å². The highest BCUT2D eigenvalue weighted by Gasteiger charge is 2.14. The van der Waals surface area contributed by atoms with Crippen LogP contribution in [-0.4, -0.2) is 18.5 Å². The molecular formula is C14H18N2O2. The molecule has 96 valence electrons. The summed E-state index contributed by atoms with van der Waals surface area (Å²) in [5, 5.41) is 3.80. The van der Waals surface area contributed by atoms with Crippen LogP contribution in [-0.2, 0) is 0 Å². The molecule has 0 aliphatic carbocycles. The normalized spacial score (nSPS) is 12.6. The van der Waals surface area contributed by atoms with Gasteiger partial charge in [0.25, 0.3) is 5.91 Å². The number of carbonyl (C=O) groups excluding carboxylic acids is 1. The smallest absolute Gasteiger partial charge is 0.255 e. The summed E-state index contributed by atoms with van der Waals surface area (Å²) in [6.45, 7) is 2.63. The van der Waals surface area contributed by atoms with Crippen LogP contribution in [0.5, 0.6) is 0 Å². The summed E-state index contributed by atoms with van der Waals surface area (Å²) in [5.74, 6) is -0.0931. The Hall–Kier alpha value is -1.81. The minimum Gasteiger partial charge on any atom is -0.463 e. The second kappa shape index (κ2) is 5.69. The van der Waals surface area contributed by atoms with Crippen molar-refractivity contribution < 1.29 is 9.21 Å². The number of amides is 1. The van der Waals surface area contributed by atoms with E-state index in [2.05, 4.69) is 5.32 Å². The zero-order valence-electron chi connectivity index (χ0n) is 10.5. The Morgan fingerprint density at radius 2 is 2.22 bits per heavy atom. The van der Waals surface area contributed by atoms with Crippen molar-refractivity contribution in [3.8, 4) is 0 Å². The number of nitrogens with one attached hydrogen (secondary N) is 1. The Labute approximate surface area is 106 Å². The van der Waals surface area contributed by atoms with Gasteiger partial charge in [0.1, 0.15) is 11.8 Å². The summed E-state index contributed by atoms with van der Waals surface area (Å²) >= 11 is 0. The molecule has 2 rings (SSSR count). The first-order chi connectivity index (χ1) is 8.72. The van der Waals surface area contributed by atoms with Gasteiger partial charge in [0, 0.05) is 11.4 Å². The highest BCUT2D eigenvalue weighted by molar-refractivity contribution is 6.05. The van der Waals surface area contributed by atoms with Crippen LogP contribution in [0, 0.1) is 0 Å². The topological polar surface area (TPSA) is 68.3 Å². The van der Waals surface area contributed by atoms with Crippen molar-refractivity contribution in [2.75, 3.05) is 6.54 Å². The molecule has 4 heteroatoms. The summed E-state index contributed by atoms with van der Waals surface area (Å²) in [4.78, 5) is 12.1. The summed E-state index contributed by atoms with van der Waals surface area (Å²) in [6.07, 6.45) is 3.31. The van der Waals surface area contributed by atoms with Gasteiger partial charge < -0.3 is 15.5 Å². The number of furan rings is 1. The first-order valence-corrected chi connectivity index (χ1v) is 6.19. The number of benzene rings is 1. The molecule has 0 radical (unpaired) electrons. The molecule has 0 aliphatic rings. The van der Waals surface area contributed by atoms with Crippen molar-refractivity contribution in [3.63, 3.8) is 0 Å². The van der Waals surface area contributed by atoms with Gasteiger partial charge in [0.05, 0.1) is 5.56 Å². The first-order valence-electron chi connectivity index (χ1n) is 6.19. The number of hydrogen-bond donors (Lipinski definition) is 2. The number of hydrogen-bond acceptors (Lipinski definition) is 3. The summed E-state index contributed by atoms with van der Waals surface area (Å²) in [7, 11) is 0. The fraction of sp³-hybridized carbons (Fsp3) is 0.357. The second-order valence-electron chi connectivity index (χ2n) is 4.45. The fourth-order valence-corrected chi connectivity index (χ4v) is 1.95. The summed E-state index contributed by atoms with van der Waals surface area (Å²) in [6, 6.07) is 7.64. The molecule has 3 N–H and O–H groups in total. The van der Waals surface area contributed by atoms with E-state index in [0.29, 0.717) is 12.1 Å². The number of rotatable bonds is 5. The van der Waals surface area contributed by atoms with Gasteiger partial charge in [-0.15, -0.1) is 0 Å². The molecule has 1 unspecified atom stereocenters. The molecule has 0 spiro atoms. The lowest BCUT2D eigenvalue weighted by molar-refractivity contribution is 0.0939. The van der Waals surface area contributed by atoms with Crippen LogP contribution in [0.1, 0.15) is 30.1 Å². The zero-order valence-corrected chi connectivity index (χ0v) is 10.5. The Kier molecular flexibility index (Phi) is 3.99. The van der Waals surface area contributed by atoms with Gasteiger partial charge in [-0.3, -0.25) is 4.79 Å². The average molecular weight is 246 g/mol. The maximum absolute atomic E-state index is 12.1.